The van der Waals surface area contributed by atoms with Crippen molar-refractivity contribution in [3.05, 3.63) is 78.4 Å². The van der Waals surface area contributed by atoms with Gasteiger partial charge in [-0.1, -0.05) is 55.1 Å². The van der Waals surface area contributed by atoms with E-state index in [1.807, 2.05) is 12.1 Å². The van der Waals surface area contributed by atoms with Crippen molar-refractivity contribution in [1.82, 2.24) is 4.90 Å². The van der Waals surface area contributed by atoms with Gasteiger partial charge in [0, 0.05) is 31.6 Å². The zero-order valence-corrected chi connectivity index (χ0v) is 13.4. The quantitative estimate of drug-likeness (QED) is 0.833. The third-order valence-electron chi connectivity index (χ3n) is 4.37. The van der Waals surface area contributed by atoms with Crippen molar-refractivity contribution in [2.75, 3.05) is 19.7 Å². The molecule has 0 aliphatic carbocycles. The van der Waals surface area contributed by atoms with Crippen LogP contribution in [0.5, 0.6) is 5.75 Å². The first-order chi connectivity index (χ1) is 11.3. The highest BCUT2D eigenvalue weighted by atomic mass is 16.5. The summed E-state index contributed by atoms with van der Waals surface area (Å²) in [6.07, 6.45) is 1.75. The maximum absolute atomic E-state index is 6.36. The fourth-order valence-electron chi connectivity index (χ4n) is 3.20. The Kier molecular flexibility index (Phi) is 5.11. The predicted octanol–water partition coefficient (Wildman–Crippen LogP) is 3.18. The Bertz CT molecular complexity index is 624. The Labute approximate surface area is 138 Å². The molecule has 0 saturated carbocycles. The molecule has 1 aliphatic heterocycles. The van der Waals surface area contributed by atoms with Gasteiger partial charge >= 0.3 is 0 Å². The maximum atomic E-state index is 6.36. The largest absolute Gasteiger partial charge is 0.490 e. The van der Waals surface area contributed by atoms with Crippen LogP contribution < -0.4 is 10.5 Å². The van der Waals surface area contributed by atoms with Crippen LogP contribution in [0, 0.1) is 0 Å². The van der Waals surface area contributed by atoms with E-state index in [0.29, 0.717) is 12.5 Å². The second kappa shape index (κ2) is 7.44. The van der Waals surface area contributed by atoms with Crippen LogP contribution >= 0.6 is 0 Å². The molecule has 1 fully saturated rings. The molecular weight excluding hydrogens is 284 g/mol. The molecule has 2 N–H and O–H groups in total. The van der Waals surface area contributed by atoms with Gasteiger partial charge in [0.1, 0.15) is 12.4 Å². The van der Waals surface area contributed by atoms with E-state index in [1.54, 1.807) is 6.08 Å². The van der Waals surface area contributed by atoms with Gasteiger partial charge in [-0.05, 0) is 23.3 Å². The van der Waals surface area contributed by atoms with E-state index < -0.39 is 0 Å². The van der Waals surface area contributed by atoms with Gasteiger partial charge in [-0.2, -0.15) is 0 Å². The Hall–Kier alpha value is -2.10. The van der Waals surface area contributed by atoms with Crippen molar-refractivity contribution in [3.63, 3.8) is 0 Å². The smallest absolute Gasteiger partial charge is 0.119 e. The van der Waals surface area contributed by atoms with Crippen molar-refractivity contribution >= 4 is 0 Å². The summed E-state index contributed by atoms with van der Waals surface area (Å²) in [4.78, 5) is 2.43. The lowest BCUT2D eigenvalue weighted by Crippen LogP contribution is -2.28. The molecule has 0 spiro atoms. The molecule has 3 nitrogen and oxygen atoms in total. The van der Waals surface area contributed by atoms with Gasteiger partial charge in [0.15, 0.2) is 0 Å². The molecule has 0 radical (unpaired) electrons. The summed E-state index contributed by atoms with van der Waals surface area (Å²) >= 11 is 0. The van der Waals surface area contributed by atoms with E-state index in [9.17, 15) is 0 Å². The molecule has 23 heavy (non-hydrogen) atoms. The molecule has 0 amide bonds. The highest BCUT2D eigenvalue weighted by Gasteiger charge is 2.30. The lowest BCUT2D eigenvalue weighted by Gasteiger charge is -2.16. The van der Waals surface area contributed by atoms with Crippen LogP contribution in [-0.4, -0.2) is 30.6 Å². The number of ether oxygens (including phenoxy) is 1. The van der Waals surface area contributed by atoms with Gasteiger partial charge in [0.25, 0.3) is 0 Å². The van der Waals surface area contributed by atoms with Crippen LogP contribution in [0.1, 0.15) is 17.0 Å². The number of likely N-dealkylation sites (tertiary alicyclic amines) is 1. The summed E-state index contributed by atoms with van der Waals surface area (Å²) in [6.45, 7) is 7.08. The third kappa shape index (κ3) is 4.01. The minimum atomic E-state index is 0.201. The first kappa shape index (κ1) is 15.8. The van der Waals surface area contributed by atoms with E-state index in [1.165, 1.54) is 11.1 Å². The van der Waals surface area contributed by atoms with Gasteiger partial charge < -0.3 is 10.5 Å². The molecule has 2 atom stereocenters. The predicted molar refractivity (Wildman–Crippen MR) is 94.6 cm³/mol. The highest BCUT2D eigenvalue weighted by molar-refractivity contribution is 5.28. The van der Waals surface area contributed by atoms with Gasteiger partial charge in [-0.3, -0.25) is 4.90 Å². The fourth-order valence-corrected chi connectivity index (χ4v) is 3.20. The summed E-state index contributed by atoms with van der Waals surface area (Å²) < 4.78 is 5.52. The van der Waals surface area contributed by atoms with E-state index in [2.05, 4.69) is 53.9 Å². The second-order valence-electron chi connectivity index (χ2n) is 6.12. The second-order valence-corrected chi connectivity index (χ2v) is 6.12. The molecule has 120 valence electrons. The first-order valence-electron chi connectivity index (χ1n) is 8.12. The summed E-state index contributed by atoms with van der Waals surface area (Å²) in [5.74, 6) is 1.31. The zero-order valence-electron chi connectivity index (χ0n) is 13.4. The van der Waals surface area contributed by atoms with Crippen molar-refractivity contribution < 1.29 is 4.74 Å². The normalized spacial score (nSPS) is 21.3. The minimum Gasteiger partial charge on any atom is -0.490 e. The van der Waals surface area contributed by atoms with Crippen LogP contribution in [0.25, 0.3) is 0 Å². The average molecular weight is 308 g/mol. The van der Waals surface area contributed by atoms with Crippen LogP contribution in [-0.2, 0) is 6.54 Å². The molecule has 0 bridgehead atoms. The summed E-state index contributed by atoms with van der Waals surface area (Å²) in [6, 6.07) is 19.1. The number of nitrogens with zero attached hydrogens (tertiary/aromatic N) is 1. The molecule has 3 rings (SSSR count). The maximum Gasteiger partial charge on any atom is 0.119 e. The topological polar surface area (TPSA) is 38.5 Å². The van der Waals surface area contributed by atoms with Crippen LogP contribution in [0.3, 0.4) is 0 Å². The lowest BCUT2D eigenvalue weighted by molar-refractivity contribution is 0.323. The SMILES string of the molecule is C=CCOc1ccc(CN2C[C@@H](N)[C@H](c3ccccc3)C2)cc1. The van der Waals surface area contributed by atoms with Crippen LogP contribution in [0.4, 0.5) is 0 Å². The van der Waals surface area contributed by atoms with Crippen molar-refractivity contribution in [1.29, 1.82) is 0 Å². The Morgan fingerprint density at radius 1 is 1.09 bits per heavy atom. The molecule has 3 heteroatoms. The molecule has 1 heterocycles. The molecule has 1 aliphatic rings. The third-order valence-corrected chi connectivity index (χ3v) is 4.37. The molecular formula is C20H24N2O. The standard InChI is InChI=1S/C20H24N2O/c1-2-12-23-18-10-8-16(9-11-18)13-22-14-19(20(21)15-22)17-6-4-3-5-7-17/h2-11,19-20H,1,12-15,21H2/t19-,20+/m0/s1. The van der Waals surface area contributed by atoms with Gasteiger partial charge in [-0.25, -0.2) is 0 Å². The Morgan fingerprint density at radius 2 is 1.83 bits per heavy atom. The van der Waals surface area contributed by atoms with E-state index in [4.69, 9.17) is 10.5 Å². The molecule has 0 unspecified atom stereocenters. The van der Waals surface area contributed by atoms with Crippen molar-refractivity contribution in [3.8, 4) is 5.75 Å². The average Bonchev–Trinajstić information content (AvgIpc) is 2.95. The monoisotopic (exact) mass is 308 g/mol. The number of hydrogen-bond donors (Lipinski definition) is 1. The summed E-state index contributed by atoms with van der Waals surface area (Å²) in [7, 11) is 0. The van der Waals surface area contributed by atoms with Crippen LogP contribution in [0.2, 0.25) is 0 Å². The number of hydrogen-bond acceptors (Lipinski definition) is 3. The Morgan fingerprint density at radius 3 is 2.52 bits per heavy atom. The minimum absolute atomic E-state index is 0.201. The van der Waals surface area contributed by atoms with Crippen molar-refractivity contribution in [2.24, 2.45) is 5.73 Å². The number of rotatable bonds is 6. The summed E-state index contributed by atoms with van der Waals surface area (Å²) in [5.41, 5.74) is 8.99. The molecule has 2 aromatic carbocycles. The molecule has 0 aromatic heterocycles. The molecule has 2 aromatic rings. The van der Waals surface area contributed by atoms with Crippen LogP contribution in [0.15, 0.2) is 67.3 Å². The van der Waals surface area contributed by atoms with E-state index in [0.717, 1.165) is 25.4 Å². The molecule has 1 saturated heterocycles. The highest BCUT2D eigenvalue weighted by Crippen LogP contribution is 2.27. The first-order valence-corrected chi connectivity index (χ1v) is 8.12. The van der Waals surface area contributed by atoms with Gasteiger partial charge in [0.2, 0.25) is 0 Å². The van der Waals surface area contributed by atoms with E-state index >= 15 is 0 Å². The number of nitrogens with two attached hydrogens (primary N) is 1. The zero-order chi connectivity index (χ0) is 16.1. The summed E-state index contributed by atoms with van der Waals surface area (Å²) in [5, 5.41) is 0. The lowest BCUT2D eigenvalue weighted by atomic mass is 9.95. The van der Waals surface area contributed by atoms with Gasteiger partial charge in [-0.15, -0.1) is 0 Å². The van der Waals surface area contributed by atoms with Gasteiger partial charge in [0.05, 0.1) is 0 Å². The number of benzene rings is 2. The fraction of sp³-hybridized carbons (Fsp3) is 0.300. The van der Waals surface area contributed by atoms with E-state index in [-0.39, 0.29) is 6.04 Å². The van der Waals surface area contributed by atoms with Crippen molar-refractivity contribution in [2.45, 2.75) is 18.5 Å². The Balaban J connectivity index is 1.60.